The van der Waals surface area contributed by atoms with Crippen molar-refractivity contribution in [1.82, 2.24) is 9.88 Å². The normalized spacial score (nSPS) is 19.2. The summed E-state index contributed by atoms with van der Waals surface area (Å²) in [6.07, 6.45) is 0.731. The molecule has 0 aromatic carbocycles. The minimum atomic E-state index is -0.490. The molecule has 2 aromatic rings. The van der Waals surface area contributed by atoms with Gasteiger partial charge in [0.15, 0.2) is 5.13 Å². The molecule has 0 saturated carbocycles. The summed E-state index contributed by atoms with van der Waals surface area (Å²) >= 11 is 3.15. The van der Waals surface area contributed by atoms with Crippen LogP contribution in [0.4, 0.5) is 5.13 Å². The van der Waals surface area contributed by atoms with E-state index in [0.29, 0.717) is 5.69 Å². The molecule has 1 fully saturated rings. The molecule has 1 aliphatic rings. The molecule has 0 spiro atoms. The molecule has 0 aliphatic carbocycles. The van der Waals surface area contributed by atoms with Gasteiger partial charge in [-0.25, -0.2) is 4.98 Å². The summed E-state index contributed by atoms with van der Waals surface area (Å²) in [4.78, 5) is 20.1. The second-order valence-corrected chi connectivity index (χ2v) is 7.21. The summed E-state index contributed by atoms with van der Waals surface area (Å²) in [5, 5.41) is 16.2. The van der Waals surface area contributed by atoms with Crippen LogP contribution in [-0.2, 0) is 6.54 Å². The van der Waals surface area contributed by atoms with Gasteiger partial charge in [0.2, 0.25) is 0 Å². The first-order valence-corrected chi connectivity index (χ1v) is 9.36. The Hall–Kier alpha value is -1.48. The van der Waals surface area contributed by atoms with Gasteiger partial charge in [0, 0.05) is 44.2 Å². The first-order chi connectivity index (χ1) is 11.2. The van der Waals surface area contributed by atoms with Gasteiger partial charge >= 0.3 is 0 Å². The van der Waals surface area contributed by atoms with Crippen LogP contribution in [-0.4, -0.2) is 53.2 Å². The minimum absolute atomic E-state index is 0.170. The fourth-order valence-electron chi connectivity index (χ4n) is 2.84. The van der Waals surface area contributed by atoms with Crippen molar-refractivity contribution in [2.24, 2.45) is 5.73 Å². The van der Waals surface area contributed by atoms with Crippen LogP contribution < -0.4 is 10.6 Å². The average molecular weight is 352 g/mol. The number of aliphatic hydroxyl groups is 1. The molecule has 0 bridgehead atoms. The van der Waals surface area contributed by atoms with Gasteiger partial charge in [-0.3, -0.25) is 9.69 Å². The van der Waals surface area contributed by atoms with Crippen LogP contribution in [0.5, 0.6) is 0 Å². The summed E-state index contributed by atoms with van der Waals surface area (Å²) in [6.45, 7) is 3.65. The molecule has 124 valence electrons. The maximum atomic E-state index is 11.2. The molecule has 1 aliphatic heterocycles. The van der Waals surface area contributed by atoms with E-state index in [2.05, 4.69) is 31.6 Å². The van der Waals surface area contributed by atoms with Crippen LogP contribution in [0.1, 0.15) is 22.5 Å². The molecule has 8 heteroatoms. The van der Waals surface area contributed by atoms with Crippen molar-refractivity contribution in [3.63, 3.8) is 0 Å². The first kappa shape index (κ1) is 16.4. The summed E-state index contributed by atoms with van der Waals surface area (Å²) in [5.41, 5.74) is 6.92. The highest BCUT2D eigenvalue weighted by Gasteiger charge is 2.28. The van der Waals surface area contributed by atoms with Gasteiger partial charge in [0.1, 0.15) is 5.69 Å². The predicted molar refractivity (Wildman–Crippen MR) is 93.1 cm³/mol. The molecule has 0 unspecified atom stereocenters. The molecule has 1 amide bonds. The standard InChI is InChI=1S/C15H20N4O2S2/c16-14(21)13-10-23-15(17-13)19-4-3-18(12(8-19)1-5-20)7-11-2-6-22-9-11/h2,6,9-10,12,20H,1,3-5,7-8H2,(H2,16,21)/t12-/m0/s1. The summed E-state index contributed by atoms with van der Waals surface area (Å²) in [5.74, 6) is -0.490. The number of aliphatic hydroxyl groups excluding tert-OH is 1. The van der Waals surface area contributed by atoms with Gasteiger partial charge in [0.25, 0.3) is 5.91 Å². The average Bonchev–Trinajstić information content (AvgIpc) is 3.20. The molecule has 23 heavy (non-hydrogen) atoms. The van der Waals surface area contributed by atoms with Gasteiger partial charge in [-0.15, -0.1) is 11.3 Å². The number of aromatic nitrogens is 1. The number of thiazole rings is 1. The van der Waals surface area contributed by atoms with Crippen molar-refractivity contribution >= 4 is 33.7 Å². The Balaban J connectivity index is 1.68. The minimum Gasteiger partial charge on any atom is -0.396 e. The van der Waals surface area contributed by atoms with Crippen LogP contribution in [0, 0.1) is 0 Å². The Labute approximate surface area is 143 Å². The van der Waals surface area contributed by atoms with E-state index >= 15 is 0 Å². The third-order valence-corrected chi connectivity index (χ3v) is 5.68. The molecule has 0 radical (unpaired) electrons. The van der Waals surface area contributed by atoms with Gasteiger partial charge in [-0.05, 0) is 28.8 Å². The van der Waals surface area contributed by atoms with E-state index < -0.39 is 5.91 Å². The van der Waals surface area contributed by atoms with E-state index in [0.717, 1.165) is 37.7 Å². The fourth-order valence-corrected chi connectivity index (χ4v) is 4.35. The molecule has 2 aromatic heterocycles. The zero-order valence-electron chi connectivity index (χ0n) is 12.7. The van der Waals surface area contributed by atoms with Crippen LogP contribution >= 0.6 is 22.7 Å². The zero-order chi connectivity index (χ0) is 16.2. The molecular formula is C15H20N4O2S2. The van der Waals surface area contributed by atoms with E-state index in [1.165, 1.54) is 16.9 Å². The summed E-state index contributed by atoms with van der Waals surface area (Å²) in [6, 6.07) is 2.42. The number of carbonyl (C=O) groups excluding carboxylic acids is 1. The smallest absolute Gasteiger partial charge is 0.268 e. The van der Waals surface area contributed by atoms with Gasteiger partial charge in [-0.2, -0.15) is 11.3 Å². The number of nitrogens with zero attached hydrogens (tertiary/aromatic N) is 3. The number of primary amides is 1. The second kappa shape index (κ2) is 7.39. The molecule has 3 N–H and O–H groups in total. The van der Waals surface area contributed by atoms with E-state index in [4.69, 9.17) is 5.73 Å². The molecule has 3 heterocycles. The van der Waals surface area contributed by atoms with Crippen molar-refractivity contribution in [1.29, 1.82) is 0 Å². The molecule has 6 nitrogen and oxygen atoms in total. The number of carbonyl (C=O) groups is 1. The van der Waals surface area contributed by atoms with E-state index in [1.807, 2.05) is 0 Å². The lowest BCUT2D eigenvalue weighted by Crippen LogP contribution is -2.53. The first-order valence-electron chi connectivity index (χ1n) is 7.53. The highest BCUT2D eigenvalue weighted by Crippen LogP contribution is 2.25. The summed E-state index contributed by atoms with van der Waals surface area (Å²) < 4.78 is 0. The number of thiophene rings is 1. The summed E-state index contributed by atoms with van der Waals surface area (Å²) in [7, 11) is 0. The van der Waals surface area contributed by atoms with Crippen molar-refractivity contribution < 1.29 is 9.90 Å². The Bertz CT molecular complexity index is 644. The number of piperazine rings is 1. The molecule has 3 rings (SSSR count). The molecular weight excluding hydrogens is 332 g/mol. The van der Waals surface area contributed by atoms with Crippen LogP contribution in [0.25, 0.3) is 0 Å². The topological polar surface area (TPSA) is 82.7 Å². The van der Waals surface area contributed by atoms with Crippen molar-refractivity contribution in [3.8, 4) is 0 Å². The third-order valence-electron chi connectivity index (χ3n) is 4.05. The third kappa shape index (κ3) is 3.89. The molecule has 1 saturated heterocycles. The lowest BCUT2D eigenvalue weighted by Gasteiger charge is -2.41. The highest BCUT2D eigenvalue weighted by molar-refractivity contribution is 7.14. The maximum absolute atomic E-state index is 11.2. The van der Waals surface area contributed by atoms with Crippen LogP contribution in [0.3, 0.4) is 0 Å². The van der Waals surface area contributed by atoms with Crippen molar-refractivity contribution in [3.05, 3.63) is 33.5 Å². The number of anilines is 1. The van der Waals surface area contributed by atoms with Gasteiger partial charge in [0.05, 0.1) is 0 Å². The Morgan fingerprint density at radius 1 is 1.43 bits per heavy atom. The van der Waals surface area contributed by atoms with E-state index in [9.17, 15) is 9.90 Å². The second-order valence-electron chi connectivity index (χ2n) is 5.59. The lowest BCUT2D eigenvalue weighted by molar-refractivity contribution is 0.0996. The van der Waals surface area contributed by atoms with Gasteiger partial charge < -0.3 is 15.7 Å². The maximum Gasteiger partial charge on any atom is 0.268 e. The lowest BCUT2D eigenvalue weighted by atomic mass is 10.1. The van der Waals surface area contributed by atoms with E-state index in [1.54, 1.807) is 16.7 Å². The number of hydrogen-bond acceptors (Lipinski definition) is 7. The number of hydrogen-bond donors (Lipinski definition) is 2. The van der Waals surface area contributed by atoms with Crippen LogP contribution in [0.15, 0.2) is 22.2 Å². The monoisotopic (exact) mass is 352 g/mol. The Kier molecular flexibility index (Phi) is 5.27. The highest BCUT2D eigenvalue weighted by atomic mass is 32.1. The quantitative estimate of drug-likeness (QED) is 0.821. The van der Waals surface area contributed by atoms with E-state index in [-0.39, 0.29) is 12.6 Å². The Morgan fingerprint density at radius 3 is 2.96 bits per heavy atom. The SMILES string of the molecule is NC(=O)c1csc(N2CCN(Cc3ccsc3)[C@@H](CCO)C2)n1. The van der Waals surface area contributed by atoms with Crippen molar-refractivity contribution in [2.75, 3.05) is 31.1 Å². The van der Waals surface area contributed by atoms with Crippen LogP contribution in [0.2, 0.25) is 0 Å². The number of nitrogens with two attached hydrogens (primary N) is 1. The zero-order valence-corrected chi connectivity index (χ0v) is 14.4. The van der Waals surface area contributed by atoms with Gasteiger partial charge in [-0.1, -0.05) is 0 Å². The number of amides is 1. The fraction of sp³-hybridized carbons (Fsp3) is 0.467. The predicted octanol–water partition coefficient (Wildman–Crippen LogP) is 1.38. The molecule has 1 atom stereocenters. The van der Waals surface area contributed by atoms with Crippen molar-refractivity contribution in [2.45, 2.75) is 19.0 Å². The number of rotatable bonds is 6. The Morgan fingerprint density at radius 2 is 2.30 bits per heavy atom. The largest absolute Gasteiger partial charge is 0.396 e.